The SMILES string of the molecule is Cl.Cl.Cl.ClCCN1CCN(CCCl)CCN(CCCl)CC1. The van der Waals surface area contributed by atoms with Gasteiger partial charge in [0, 0.05) is 76.5 Å². The van der Waals surface area contributed by atoms with E-state index in [2.05, 4.69) is 14.7 Å². The Morgan fingerprint density at radius 2 is 0.667 bits per heavy atom. The molecule has 0 saturated carbocycles. The third-order valence-corrected chi connectivity index (χ3v) is 3.91. The van der Waals surface area contributed by atoms with E-state index in [1.54, 1.807) is 0 Å². The molecule has 1 saturated heterocycles. The molecule has 0 N–H and O–H groups in total. The van der Waals surface area contributed by atoms with Gasteiger partial charge in [0.1, 0.15) is 0 Å². The minimum absolute atomic E-state index is 0. The second kappa shape index (κ2) is 18.0. The second-order valence-electron chi connectivity index (χ2n) is 4.59. The van der Waals surface area contributed by atoms with Crippen molar-refractivity contribution in [3.8, 4) is 0 Å². The summed E-state index contributed by atoms with van der Waals surface area (Å²) >= 11 is 17.6. The Morgan fingerprint density at radius 1 is 0.476 bits per heavy atom. The molecule has 1 aliphatic heterocycles. The minimum Gasteiger partial charge on any atom is -0.300 e. The summed E-state index contributed by atoms with van der Waals surface area (Å²) in [5.74, 6) is 2.10. The molecular formula is C12H27Cl6N3. The molecule has 1 heterocycles. The maximum atomic E-state index is 5.85. The first-order chi connectivity index (χ1) is 8.80. The summed E-state index contributed by atoms with van der Waals surface area (Å²) in [5.41, 5.74) is 0. The highest BCUT2D eigenvalue weighted by Gasteiger charge is 2.15. The third-order valence-electron chi connectivity index (χ3n) is 3.40. The summed E-state index contributed by atoms with van der Waals surface area (Å²) in [6, 6.07) is 0. The Labute approximate surface area is 162 Å². The second-order valence-corrected chi connectivity index (χ2v) is 5.73. The first-order valence-electron chi connectivity index (χ1n) is 6.65. The van der Waals surface area contributed by atoms with E-state index in [-0.39, 0.29) is 37.2 Å². The largest absolute Gasteiger partial charge is 0.300 e. The Hall–Kier alpha value is 1.62. The van der Waals surface area contributed by atoms with E-state index in [9.17, 15) is 0 Å². The van der Waals surface area contributed by atoms with Crippen LogP contribution >= 0.6 is 72.0 Å². The molecule has 132 valence electrons. The number of rotatable bonds is 6. The lowest BCUT2D eigenvalue weighted by Gasteiger charge is -2.24. The average molecular weight is 426 g/mol. The lowest BCUT2D eigenvalue weighted by Crippen LogP contribution is -2.37. The lowest BCUT2D eigenvalue weighted by atomic mass is 10.4. The van der Waals surface area contributed by atoms with Crippen molar-refractivity contribution in [3.63, 3.8) is 0 Å². The molecular weight excluding hydrogens is 399 g/mol. The zero-order valence-electron chi connectivity index (χ0n) is 12.2. The van der Waals surface area contributed by atoms with Gasteiger partial charge in [-0.2, -0.15) is 0 Å². The number of halogens is 6. The van der Waals surface area contributed by atoms with E-state index >= 15 is 0 Å². The van der Waals surface area contributed by atoms with Crippen molar-refractivity contribution in [1.29, 1.82) is 0 Å². The van der Waals surface area contributed by atoms with Gasteiger partial charge in [0.05, 0.1) is 0 Å². The summed E-state index contributed by atoms with van der Waals surface area (Å²) in [7, 11) is 0. The van der Waals surface area contributed by atoms with E-state index in [4.69, 9.17) is 34.8 Å². The number of hydrogen-bond donors (Lipinski definition) is 0. The maximum Gasteiger partial charge on any atom is 0.0351 e. The van der Waals surface area contributed by atoms with Crippen molar-refractivity contribution in [1.82, 2.24) is 14.7 Å². The highest BCUT2D eigenvalue weighted by atomic mass is 35.5. The molecule has 9 heteroatoms. The topological polar surface area (TPSA) is 9.72 Å². The summed E-state index contributed by atoms with van der Waals surface area (Å²) < 4.78 is 0. The fourth-order valence-corrected chi connectivity index (χ4v) is 2.93. The van der Waals surface area contributed by atoms with Gasteiger partial charge in [-0.05, 0) is 0 Å². The molecule has 1 fully saturated rings. The normalized spacial score (nSPS) is 18.4. The van der Waals surface area contributed by atoms with Crippen molar-refractivity contribution in [2.24, 2.45) is 0 Å². The maximum absolute atomic E-state index is 5.85. The molecule has 3 nitrogen and oxygen atoms in total. The van der Waals surface area contributed by atoms with Crippen molar-refractivity contribution in [3.05, 3.63) is 0 Å². The van der Waals surface area contributed by atoms with Gasteiger partial charge in [0.25, 0.3) is 0 Å². The van der Waals surface area contributed by atoms with Gasteiger partial charge in [0.2, 0.25) is 0 Å². The van der Waals surface area contributed by atoms with Crippen LogP contribution in [0.3, 0.4) is 0 Å². The van der Waals surface area contributed by atoms with E-state index in [1.165, 1.54) is 0 Å². The monoisotopic (exact) mass is 423 g/mol. The van der Waals surface area contributed by atoms with E-state index < -0.39 is 0 Å². The molecule has 0 aliphatic carbocycles. The minimum atomic E-state index is 0. The number of nitrogens with zero attached hydrogens (tertiary/aromatic N) is 3. The highest BCUT2D eigenvalue weighted by Crippen LogP contribution is 2.01. The van der Waals surface area contributed by atoms with Gasteiger partial charge in [-0.15, -0.1) is 72.0 Å². The molecule has 0 radical (unpaired) electrons. The fraction of sp³-hybridized carbons (Fsp3) is 1.00. The predicted molar refractivity (Wildman–Crippen MR) is 103 cm³/mol. The predicted octanol–water partition coefficient (Wildman–Crippen LogP) is 2.89. The summed E-state index contributed by atoms with van der Waals surface area (Å²) in [6.07, 6.45) is 0. The Bertz CT molecular complexity index is 168. The van der Waals surface area contributed by atoms with Crippen LogP contribution in [0.4, 0.5) is 0 Å². The zero-order valence-corrected chi connectivity index (χ0v) is 16.9. The van der Waals surface area contributed by atoms with Crippen LogP contribution in [0.25, 0.3) is 0 Å². The molecule has 0 aromatic heterocycles. The molecule has 0 unspecified atom stereocenters. The van der Waals surface area contributed by atoms with E-state index in [0.29, 0.717) is 17.6 Å². The van der Waals surface area contributed by atoms with Crippen molar-refractivity contribution in [2.75, 3.05) is 76.5 Å². The summed E-state index contributed by atoms with van der Waals surface area (Å²) in [4.78, 5) is 7.29. The fourth-order valence-electron chi connectivity index (χ4n) is 2.21. The van der Waals surface area contributed by atoms with Gasteiger partial charge >= 0.3 is 0 Å². The Balaban J connectivity index is -0.00000108. The van der Waals surface area contributed by atoms with Gasteiger partial charge < -0.3 is 0 Å². The summed E-state index contributed by atoms with van der Waals surface area (Å²) in [6.45, 7) is 9.38. The van der Waals surface area contributed by atoms with Crippen LogP contribution in [0.1, 0.15) is 0 Å². The number of alkyl halides is 3. The average Bonchev–Trinajstić information content (AvgIpc) is 2.45. The quantitative estimate of drug-likeness (QED) is 0.606. The van der Waals surface area contributed by atoms with Crippen molar-refractivity contribution >= 4 is 72.0 Å². The van der Waals surface area contributed by atoms with Crippen LogP contribution in [-0.4, -0.2) is 91.2 Å². The molecule has 1 aliphatic rings. The highest BCUT2D eigenvalue weighted by molar-refractivity contribution is 6.18. The van der Waals surface area contributed by atoms with Crippen LogP contribution < -0.4 is 0 Å². The molecule has 0 aromatic carbocycles. The lowest BCUT2D eigenvalue weighted by molar-refractivity contribution is 0.234. The first kappa shape index (κ1) is 27.5. The van der Waals surface area contributed by atoms with Gasteiger partial charge in [-0.3, -0.25) is 14.7 Å². The van der Waals surface area contributed by atoms with E-state index in [1.807, 2.05) is 0 Å². The smallest absolute Gasteiger partial charge is 0.0351 e. The van der Waals surface area contributed by atoms with Crippen molar-refractivity contribution < 1.29 is 0 Å². The first-order valence-corrected chi connectivity index (χ1v) is 8.25. The molecule has 0 amide bonds. The third kappa shape index (κ3) is 12.7. The van der Waals surface area contributed by atoms with Crippen LogP contribution in [-0.2, 0) is 0 Å². The van der Waals surface area contributed by atoms with Crippen LogP contribution in [0.15, 0.2) is 0 Å². The molecule has 0 atom stereocenters. The van der Waals surface area contributed by atoms with E-state index in [0.717, 1.165) is 58.9 Å². The van der Waals surface area contributed by atoms with Gasteiger partial charge in [0.15, 0.2) is 0 Å². The molecule has 0 aromatic rings. The zero-order chi connectivity index (χ0) is 13.2. The Kier molecular flexibility index (Phi) is 23.5. The van der Waals surface area contributed by atoms with Crippen LogP contribution in [0.2, 0.25) is 0 Å². The molecule has 0 bridgehead atoms. The Morgan fingerprint density at radius 3 is 0.810 bits per heavy atom. The van der Waals surface area contributed by atoms with Gasteiger partial charge in [-0.25, -0.2) is 0 Å². The molecule has 0 spiro atoms. The number of hydrogen-bond acceptors (Lipinski definition) is 3. The molecule has 1 rings (SSSR count). The van der Waals surface area contributed by atoms with Crippen LogP contribution in [0.5, 0.6) is 0 Å². The van der Waals surface area contributed by atoms with Crippen molar-refractivity contribution in [2.45, 2.75) is 0 Å². The standard InChI is InChI=1S/C12H24Cl3N3.3ClH/c13-1-4-16-7-9-17(5-2-14)11-12-18(6-3-15)10-8-16;;;/h1-12H2;3*1H. The van der Waals surface area contributed by atoms with Gasteiger partial charge in [-0.1, -0.05) is 0 Å². The molecule has 21 heavy (non-hydrogen) atoms. The summed E-state index contributed by atoms with van der Waals surface area (Å²) in [5, 5.41) is 0. The van der Waals surface area contributed by atoms with Crippen LogP contribution in [0, 0.1) is 0 Å².